The molecule has 1 N–H and O–H groups in total. The zero-order chi connectivity index (χ0) is 14.2. The molecule has 1 aromatic carbocycles. The van der Waals surface area contributed by atoms with Gasteiger partial charge in [-0.1, -0.05) is 59.7 Å². The van der Waals surface area contributed by atoms with Crippen molar-refractivity contribution in [2.24, 2.45) is 11.3 Å². The van der Waals surface area contributed by atoms with E-state index in [4.69, 9.17) is 0 Å². The van der Waals surface area contributed by atoms with Gasteiger partial charge < -0.3 is 5.32 Å². The lowest BCUT2D eigenvalue weighted by atomic mass is 9.75. The molecule has 0 bridgehead atoms. The van der Waals surface area contributed by atoms with Crippen LogP contribution in [0.4, 0.5) is 0 Å². The van der Waals surface area contributed by atoms with E-state index < -0.39 is 0 Å². The third-order valence-corrected chi connectivity index (χ3v) is 4.13. The fourth-order valence-corrected chi connectivity index (χ4v) is 3.21. The molecule has 1 aliphatic heterocycles. The van der Waals surface area contributed by atoms with Crippen LogP contribution >= 0.6 is 0 Å². The van der Waals surface area contributed by atoms with Crippen LogP contribution in [0.15, 0.2) is 18.2 Å². The summed E-state index contributed by atoms with van der Waals surface area (Å²) in [5, 5.41) is 3.75. The first kappa shape index (κ1) is 14.6. The fourth-order valence-electron chi connectivity index (χ4n) is 3.21. The SMILES string of the molecule is CC(C)Cc1ccc2c(c1)C(C(C)(C)C)NCC2C. The summed E-state index contributed by atoms with van der Waals surface area (Å²) in [7, 11) is 0. The first-order valence-corrected chi connectivity index (χ1v) is 7.65. The van der Waals surface area contributed by atoms with Gasteiger partial charge in [-0.2, -0.15) is 0 Å². The van der Waals surface area contributed by atoms with Crippen molar-refractivity contribution in [3.63, 3.8) is 0 Å². The highest BCUT2D eigenvalue weighted by atomic mass is 14.9. The van der Waals surface area contributed by atoms with E-state index in [0.29, 0.717) is 12.0 Å². The van der Waals surface area contributed by atoms with Crippen LogP contribution in [0.3, 0.4) is 0 Å². The van der Waals surface area contributed by atoms with Crippen molar-refractivity contribution >= 4 is 0 Å². The molecule has 0 saturated carbocycles. The lowest BCUT2D eigenvalue weighted by Crippen LogP contribution is -2.39. The first-order chi connectivity index (χ1) is 8.79. The molecule has 1 nitrogen and oxygen atoms in total. The Hall–Kier alpha value is -0.820. The maximum absolute atomic E-state index is 3.75. The van der Waals surface area contributed by atoms with Gasteiger partial charge in [-0.15, -0.1) is 0 Å². The zero-order valence-corrected chi connectivity index (χ0v) is 13.4. The minimum atomic E-state index is 0.269. The maximum atomic E-state index is 3.75. The van der Waals surface area contributed by atoms with Gasteiger partial charge in [-0.05, 0) is 40.4 Å². The first-order valence-electron chi connectivity index (χ1n) is 7.65. The number of rotatable bonds is 2. The summed E-state index contributed by atoms with van der Waals surface area (Å²) < 4.78 is 0. The average molecular weight is 259 g/mol. The molecule has 0 aliphatic carbocycles. The second kappa shape index (κ2) is 5.28. The molecule has 106 valence electrons. The summed E-state index contributed by atoms with van der Waals surface area (Å²) in [6.07, 6.45) is 1.18. The van der Waals surface area contributed by atoms with E-state index in [1.807, 2.05) is 0 Å². The van der Waals surface area contributed by atoms with E-state index in [0.717, 1.165) is 12.5 Å². The molecule has 2 unspecified atom stereocenters. The number of nitrogens with one attached hydrogen (secondary N) is 1. The van der Waals surface area contributed by atoms with Gasteiger partial charge >= 0.3 is 0 Å². The van der Waals surface area contributed by atoms with E-state index in [1.54, 1.807) is 5.56 Å². The summed E-state index contributed by atoms with van der Waals surface area (Å²) in [6, 6.07) is 7.64. The quantitative estimate of drug-likeness (QED) is 0.813. The summed E-state index contributed by atoms with van der Waals surface area (Å²) >= 11 is 0. The third kappa shape index (κ3) is 3.20. The second-order valence-electron chi connectivity index (χ2n) is 7.67. The number of fused-ring (bicyclic) bond motifs is 1. The molecular weight excluding hydrogens is 230 g/mol. The van der Waals surface area contributed by atoms with Gasteiger partial charge in [0.15, 0.2) is 0 Å². The predicted octanol–water partition coefficient (Wildman–Crippen LogP) is 4.68. The van der Waals surface area contributed by atoms with Gasteiger partial charge in [0.25, 0.3) is 0 Å². The minimum Gasteiger partial charge on any atom is -0.309 e. The average Bonchev–Trinajstić information content (AvgIpc) is 2.26. The molecule has 1 aliphatic rings. The fraction of sp³-hybridized carbons (Fsp3) is 0.667. The van der Waals surface area contributed by atoms with Gasteiger partial charge in [-0.25, -0.2) is 0 Å². The van der Waals surface area contributed by atoms with Crippen LogP contribution in [0.2, 0.25) is 0 Å². The van der Waals surface area contributed by atoms with Crippen LogP contribution in [0, 0.1) is 11.3 Å². The molecule has 1 heterocycles. The summed E-state index contributed by atoms with van der Waals surface area (Å²) in [6.45, 7) is 15.0. The molecule has 0 amide bonds. The van der Waals surface area contributed by atoms with Crippen molar-refractivity contribution in [3.8, 4) is 0 Å². The number of hydrogen-bond acceptors (Lipinski definition) is 1. The minimum absolute atomic E-state index is 0.269. The summed E-state index contributed by atoms with van der Waals surface area (Å²) in [4.78, 5) is 0. The Morgan fingerprint density at radius 1 is 1.21 bits per heavy atom. The predicted molar refractivity (Wildman–Crippen MR) is 83.6 cm³/mol. The zero-order valence-electron chi connectivity index (χ0n) is 13.4. The van der Waals surface area contributed by atoms with E-state index in [1.165, 1.54) is 17.5 Å². The van der Waals surface area contributed by atoms with Gasteiger partial charge in [-0.3, -0.25) is 0 Å². The highest BCUT2D eigenvalue weighted by Gasteiger charge is 2.32. The van der Waals surface area contributed by atoms with Crippen LogP contribution in [0.5, 0.6) is 0 Å². The lowest BCUT2D eigenvalue weighted by Gasteiger charge is -2.39. The van der Waals surface area contributed by atoms with E-state index in [9.17, 15) is 0 Å². The molecule has 0 fully saturated rings. The van der Waals surface area contributed by atoms with Gasteiger partial charge in [0.05, 0.1) is 0 Å². The summed E-state index contributed by atoms with van der Waals surface area (Å²) in [5.74, 6) is 1.35. The van der Waals surface area contributed by atoms with Crippen molar-refractivity contribution in [2.45, 2.75) is 59.9 Å². The molecule has 0 saturated heterocycles. The Labute approximate surface area is 118 Å². The molecule has 0 spiro atoms. The monoisotopic (exact) mass is 259 g/mol. The van der Waals surface area contributed by atoms with Gasteiger partial charge in [0, 0.05) is 12.6 Å². The molecule has 0 aromatic heterocycles. The summed E-state index contributed by atoms with van der Waals surface area (Å²) in [5.41, 5.74) is 4.83. The molecule has 19 heavy (non-hydrogen) atoms. The van der Waals surface area contributed by atoms with Crippen LogP contribution < -0.4 is 5.32 Å². The highest BCUT2D eigenvalue weighted by Crippen LogP contribution is 2.40. The Morgan fingerprint density at radius 3 is 2.47 bits per heavy atom. The Kier molecular flexibility index (Phi) is 4.06. The van der Waals surface area contributed by atoms with Crippen molar-refractivity contribution in [2.75, 3.05) is 6.54 Å². The Balaban J connectivity index is 2.41. The number of benzene rings is 1. The van der Waals surface area contributed by atoms with Crippen LogP contribution in [0.1, 0.15) is 70.2 Å². The molecule has 2 rings (SSSR count). The van der Waals surface area contributed by atoms with E-state index in [2.05, 4.69) is 65.1 Å². The Bertz CT molecular complexity index is 439. The smallest absolute Gasteiger partial charge is 0.0372 e. The van der Waals surface area contributed by atoms with E-state index in [-0.39, 0.29) is 5.41 Å². The van der Waals surface area contributed by atoms with E-state index >= 15 is 0 Å². The highest BCUT2D eigenvalue weighted by molar-refractivity contribution is 5.39. The Morgan fingerprint density at radius 2 is 1.89 bits per heavy atom. The standard InChI is InChI=1S/C18H29N/c1-12(2)9-14-7-8-15-13(3)11-19-17(16(15)10-14)18(4,5)6/h7-8,10,12-13,17,19H,9,11H2,1-6H3. The van der Waals surface area contributed by atoms with Crippen LogP contribution in [-0.2, 0) is 6.42 Å². The van der Waals surface area contributed by atoms with Crippen LogP contribution in [-0.4, -0.2) is 6.54 Å². The van der Waals surface area contributed by atoms with Gasteiger partial charge in [0.2, 0.25) is 0 Å². The normalized spacial score (nSPS) is 23.5. The topological polar surface area (TPSA) is 12.0 Å². The molecule has 1 aromatic rings. The van der Waals surface area contributed by atoms with Gasteiger partial charge in [0.1, 0.15) is 0 Å². The maximum Gasteiger partial charge on any atom is 0.0372 e. The van der Waals surface area contributed by atoms with Crippen molar-refractivity contribution in [1.82, 2.24) is 5.32 Å². The molecule has 1 heteroatoms. The second-order valence-corrected chi connectivity index (χ2v) is 7.67. The molecular formula is C18H29N. The van der Waals surface area contributed by atoms with Crippen molar-refractivity contribution in [3.05, 3.63) is 34.9 Å². The number of hydrogen-bond donors (Lipinski definition) is 1. The van der Waals surface area contributed by atoms with Crippen molar-refractivity contribution in [1.29, 1.82) is 0 Å². The molecule has 0 radical (unpaired) electrons. The third-order valence-electron chi connectivity index (χ3n) is 4.13. The largest absolute Gasteiger partial charge is 0.309 e. The van der Waals surface area contributed by atoms with Crippen molar-refractivity contribution < 1.29 is 0 Å². The van der Waals surface area contributed by atoms with Crippen LogP contribution in [0.25, 0.3) is 0 Å². The lowest BCUT2D eigenvalue weighted by molar-refractivity contribution is 0.256. The molecule has 2 atom stereocenters.